The molecular formula is C40H42ClFN8O5. The maximum Gasteiger partial charge on any atom is 0.262 e. The number of halogens is 2. The number of carbonyl (C=O) groups excluding carboxylic acids is 5. The van der Waals surface area contributed by atoms with Crippen LogP contribution in [0.4, 0.5) is 21.6 Å². The Morgan fingerprint density at radius 2 is 1.62 bits per heavy atom. The molecule has 2 aromatic carbocycles. The largest absolute Gasteiger partial charge is 0.369 e. The van der Waals surface area contributed by atoms with Crippen LogP contribution in [-0.4, -0.2) is 121 Å². The van der Waals surface area contributed by atoms with Crippen LogP contribution in [-0.2, 0) is 19.8 Å². The van der Waals surface area contributed by atoms with Gasteiger partial charge in [-0.3, -0.25) is 44.0 Å². The maximum absolute atomic E-state index is 15.4. The number of nitrogens with zero attached hydrogens (tertiary/aromatic N) is 6. The van der Waals surface area contributed by atoms with E-state index in [4.69, 9.17) is 11.6 Å². The van der Waals surface area contributed by atoms with Crippen molar-refractivity contribution in [2.45, 2.75) is 43.6 Å². The molecular weight excluding hydrogens is 727 g/mol. The molecule has 1 aliphatic carbocycles. The first-order chi connectivity index (χ1) is 26.6. The molecule has 55 heavy (non-hydrogen) atoms. The van der Waals surface area contributed by atoms with E-state index in [9.17, 15) is 24.0 Å². The lowest BCUT2D eigenvalue weighted by Gasteiger charge is -2.37. The molecule has 3 aromatic rings. The third-order valence-electron chi connectivity index (χ3n) is 12.3. The number of hydrogen-bond donors (Lipinski definition) is 2. The summed E-state index contributed by atoms with van der Waals surface area (Å²) in [7, 11) is 0. The molecule has 2 unspecified atom stereocenters. The van der Waals surface area contributed by atoms with Gasteiger partial charge in [0.1, 0.15) is 17.7 Å². The number of fused-ring (bicyclic) bond motifs is 2. The molecule has 1 aromatic heterocycles. The summed E-state index contributed by atoms with van der Waals surface area (Å²) in [5.74, 6) is -1.72. The fourth-order valence-electron chi connectivity index (χ4n) is 9.30. The van der Waals surface area contributed by atoms with Crippen molar-refractivity contribution < 1.29 is 28.4 Å². The second kappa shape index (κ2) is 14.0. The molecule has 4 fully saturated rings. The number of benzene rings is 2. The molecule has 2 atom stereocenters. The van der Waals surface area contributed by atoms with E-state index in [-0.39, 0.29) is 41.0 Å². The van der Waals surface area contributed by atoms with Crippen molar-refractivity contribution in [1.82, 2.24) is 25.0 Å². The van der Waals surface area contributed by atoms with E-state index in [0.29, 0.717) is 45.2 Å². The van der Waals surface area contributed by atoms with E-state index in [0.717, 1.165) is 78.5 Å². The van der Waals surface area contributed by atoms with Gasteiger partial charge in [0, 0.05) is 80.1 Å². The molecule has 1 saturated carbocycles. The molecule has 3 saturated heterocycles. The normalized spacial score (nSPS) is 24.7. The average molecular weight is 769 g/mol. The number of imide groups is 2. The molecule has 0 spiro atoms. The lowest BCUT2D eigenvalue weighted by Crippen LogP contribution is -2.54. The summed E-state index contributed by atoms with van der Waals surface area (Å²) in [6.07, 6.45) is 4.95. The minimum Gasteiger partial charge on any atom is -0.369 e. The summed E-state index contributed by atoms with van der Waals surface area (Å²) in [4.78, 5) is 77.7. The van der Waals surface area contributed by atoms with Crippen LogP contribution in [0, 0.1) is 11.7 Å². The summed E-state index contributed by atoms with van der Waals surface area (Å²) in [6.45, 7) is 6.57. The van der Waals surface area contributed by atoms with Crippen LogP contribution < -0.4 is 20.4 Å². The quantitative estimate of drug-likeness (QED) is 0.312. The van der Waals surface area contributed by atoms with E-state index in [1.807, 2.05) is 28.0 Å². The highest BCUT2D eigenvalue weighted by molar-refractivity contribution is 6.32. The second-order valence-electron chi connectivity index (χ2n) is 15.5. The van der Waals surface area contributed by atoms with E-state index >= 15 is 4.39 Å². The first-order valence-corrected chi connectivity index (χ1v) is 19.5. The van der Waals surface area contributed by atoms with Crippen LogP contribution in [0.5, 0.6) is 0 Å². The van der Waals surface area contributed by atoms with Crippen molar-refractivity contribution >= 4 is 58.3 Å². The van der Waals surface area contributed by atoms with Crippen LogP contribution in [0.1, 0.15) is 63.9 Å². The summed E-state index contributed by atoms with van der Waals surface area (Å²) >= 11 is 6.78. The van der Waals surface area contributed by atoms with Gasteiger partial charge in [0.15, 0.2) is 0 Å². The van der Waals surface area contributed by atoms with E-state index in [1.165, 1.54) is 11.6 Å². The van der Waals surface area contributed by atoms with Gasteiger partial charge >= 0.3 is 0 Å². The fraction of sp³-hybridized carbons (Fsp3) is 0.450. The molecule has 6 aliphatic rings. The third-order valence-corrected chi connectivity index (χ3v) is 12.6. The van der Waals surface area contributed by atoms with Gasteiger partial charge in [0.25, 0.3) is 11.8 Å². The summed E-state index contributed by atoms with van der Waals surface area (Å²) in [5, 5.41) is 6.40. The predicted molar refractivity (Wildman–Crippen MR) is 203 cm³/mol. The molecule has 0 bridgehead atoms. The van der Waals surface area contributed by atoms with Crippen molar-refractivity contribution in [3.63, 3.8) is 0 Å². The average Bonchev–Trinajstić information content (AvgIpc) is 3.91. The standard InChI is InChI=1S/C40H42ClFN8O5/c41-29-9-10-43-36-35(29)40(23-44-36,24-5-6-24)25-3-1-4-26(19-25)49-18-15-47(22-34(49)52)12-2-11-46-13-16-48(17-14-46)32-21-28-27(20-30(32)42)38(54)50(39(28)55)31-7-8-33(51)45-37(31)53/h1,3-4,9-10,19-21,24,31H,2,5-8,11-18,22-23H2,(H,43,44)(H,45,51,53). The second-order valence-corrected chi connectivity index (χ2v) is 15.9. The zero-order valence-corrected chi connectivity index (χ0v) is 31.1. The van der Waals surface area contributed by atoms with Gasteiger partial charge in [-0.1, -0.05) is 23.7 Å². The molecule has 13 nitrogen and oxygen atoms in total. The van der Waals surface area contributed by atoms with Gasteiger partial charge in [-0.05, 0) is 80.6 Å². The Hall–Kier alpha value is -4.92. The van der Waals surface area contributed by atoms with E-state index in [1.54, 1.807) is 6.20 Å². The Kier molecular flexibility index (Phi) is 9.09. The van der Waals surface area contributed by atoms with Crippen LogP contribution in [0.15, 0.2) is 48.7 Å². The van der Waals surface area contributed by atoms with E-state index in [2.05, 4.69) is 37.6 Å². The molecule has 9 rings (SSSR count). The first kappa shape index (κ1) is 35.8. The Morgan fingerprint density at radius 1 is 0.873 bits per heavy atom. The Labute approximate surface area is 322 Å². The monoisotopic (exact) mass is 768 g/mol. The minimum atomic E-state index is -1.10. The number of hydrogen-bond acceptors (Lipinski definition) is 10. The number of carbonyl (C=O) groups is 5. The number of nitrogens with one attached hydrogen (secondary N) is 2. The van der Waals surface area contributed by atoms with E-state index < -0.39 is 35.5 Å². The zero-order chi connectivity index (χ0) is 38.0. The maximum atomic E-state index is 15.4. The van der Waals surface area contributed by atoms with Crippen molar-refractivity contribution in [3.05, 3.63) is 81.8 Å². The Balaban J connectivity index is 0.774. The summed E-state index contributed by atoms with van der Waals surface area (Å²) < 4.78 is 15.4. The van der Waals surface area contributed by atoms with Crippen LogP contribution in [0.2, 0.25) is 5.02 Å². The number of anilines is 3. The van der Waals surface area contributed by atoms with Crippen LogP contribution >= 0.6 is 11.6 Å². The number of rotatable bonds is 9. The molecule has 5 aliphatic heterocycles. The SMILES string of the molecule is O=C1CCC(N2C(=O)c3cc(F)c(N4CCN(CCCN5CCN(c6cccc(C7(C8CC8)CNc8nccc(Cl)c87)c6)C(=O)C5)CC4)cc3C2=O)C(=O)N1. The summed E-state index contributed by atoms with van der Waals surface area (Å²) in [5.41, 5.74) is 3.14. The van der Waals surface area contributed by atoms with Gasteiger partial charge in [-0.25, -0.2) is 9.37 Å². The molecule has 5 amide bonds. The number of amides is 5. The van der Waals surface area contributed by atoms with Gasteiger partial charge in [0.05, 0.1) is 23.4 Å². The highest BCUT2D eigenvalue weighted by Gasteiger charge is 2.53. The lowest BCUT2D eigenvalue weighted by molar-refractivity contribution is -0.136. The van der Waals surface area contributed by atoms with Crippen LogP contribution in [0.25, 0.3) is 0 Å². The Morgan fingerprint density at radius 3 is 2.36 bits per heavy atom. The molecule has 15 heteroatoms. The lowest BCUT2D eigenvalue weighted by atomic mass is 9.72. The molecule has 286 valence electrons. The van der Waals surface area contributed by atoms with Crippen molar-refractivity contribution in [2.75, 3.05) is 80.6 Å². The number of piperidine rings is 1. The minimum absolute atomic E-state index is 0.0160. The van der Waals surface area contributed by atoms with Gasteiger partial charge in [-0.15, -0.1) is 0 Å². The smallest absolute Gasteiger partial charge is 0.262 e. The van der Waals surface area contributed by atoms with Crippen molar-refractivity contribution in [1.29, 1.82) is 0 Å². The van der Waals surface area contributed by atoms with Crippen molar-refractivity contribution in [3.8, 4) is 0 Å². The Bertz CT molecular complexity index is 2120. The molecule has 0 radical (unpaired) electrons. The van der Waals surface area contributed by atoms with Crippen LogP contribution in [0.3, 0.4) is 0 Å². The number of pyridine rings is 1. The molecule has 2 N–H and O–H groups in total. The van der Waals surface area contributed by atoms with Gasteiger partial charge < -0.3 is 15.1 Å². The van der Waals surface area contributed by atoms with Gasteiger partial charge in [-0.2, -0.15) is 0 Å². The topological polar surface area (TPSA) is 138 Å². The number of aromatic nitrogens is 1. The fourth-order valence-corrected chi connectivity index (χ4v) is 9.62. The highest BCUT2D eigenvalue weighted by atomic mass is 35.5. The zero-order valence-electron chi connectivity index (χ0n) is 30.4. The molecule has 6 heterocycles. The van der Waals surface area contributed by atoms with Gasteiger partial charge in [0.2, 0.25) is 17.7 Å². The predicted octanol–water partition coefficient (Wildman–Crippen LogP) is 3.26. The summed E-state index contributed by atoms with van der Waals surface area (Å²) in [6, 6.07) is 11.7. The third kappa shape index (κ3) is 6.24. The number of piperazine rings is 2. The highest BCUT2D eigenvalue weighted by Crippen LogP contribution is 2.57. The van der Waals surface area contributed by atoms with Crippen molar-refractivity contribution in [2.24, 2.45) is 5.92 Å². The first-order valence-electron chi connectivity index (χ1n) is 19.2.